The number of ether oxygens (including phenoxy) is 2. The highest BCUT2D eigenvalue weighted by Crippen LogP contribution is 2.20. The average Bonchev–Trinajstić information content (AvgIpc) is 2.70. The van der Waals surface area contributed by atoms with E-state index >= 15 is 0 Å². The molecule has 2 nitrogen and oxygen atoms in total. The first-order valence-electron chi connectivity index (χ1n) is 3.71. The molecule has 0 amide bonds. The molecule has 1 fully saturated rings. The van der Waals surface area contributed by atoms with Gasteiger partial charge in [0.15, 0.2) is 0 Å². The Morgan fingerprint density at radius 2 is 2.50 bits per heavy atom. The summed E-state index contributed by atoms with van der Waals surface area (Å²) < 4.78 is 10.2. The Hall–Kier alpha value is -0.500. The Labute approximate surface area is 61.8 Å². The molecule has 0 saturated carbocycles. The van der Waals surface area contributed by atoms with Gasteiger partial charge in [0.05, 0.1) is 5.76 Å². The maximum Gasteiger partial charge on any atom is 0.223 e. The van der Waals surface area contributed by atoms with Crippen LogP contribution in [-0.2, 0) is 9.47 Å². The molecule has 0 radical (unpaired) electrons. The molecule has 2 unspecified atom stereocenters. The molecule has 1 heterocycles. The van der Waals surface area contributed by atoms with Gasteiger partial charge in [-0.25, -0.2) is 0 Å². The lowest BCUT2D eigenvalue weighted by molar-refractivity contribution is 0.0887. The molecule has 0 aliphatic carbocycles. The van der Waals surface area contributed by atoms with Gasteiger partial charge >= 0.3 is 0 Å². The summed E-state index contributed by atoms with van der Waals surface area (Å²) in [6, 6.07) is 0. The van der Waals surface area contributed by atoms with Gasteiger partial charge in [0.25, 0.3) is 0 Å². The number of hydrogen-bond acceptors (Lipinski definition) is 2. The smallest absolute Gasteiger partial charge is 0.223 e. The first kappa shape index (κ1) is 7.61. The van der Waals surface area contributed by atoms with Gasteiger partial charge in [-0.1, -0.05) is 20.4 Å². The maximum atomic E-state index is 5.30. The Balaban J connectivity index is 2.18. The summed E-state index contributed by atoms with van der Waals surface area (Å²) in [5.41, 5.74) is 0. The lowest BCUT2D eigenvalue weighted by atomic mass is 10.1. The van der Waals surface area contributed by atoms with E-state index in [4.69, 9.17) is 9.47 Å². The SMILES string of the molecule is C=C(OC1CO1)C(C)CC. The predicted molar refractivity (Wildman–Crippen MR) is 39.4 cm³/mol. The molecule has 2 heteroatoms. The highest BCUT2D eigenvalue weighted by Gasteiger charge is 2.25. The molecule has 1 aliphatic heterocycles. The van der Waals surface area contributed by atoms with Gasteiger partial charge in [-0.3, -0.25) is 0 Å². The quantitative estimate of drug-likeness (QED) is 0.442. The minimum Gasteiger partial charge on any atom is -0.467 e. The van der Waals surface area contributed by atoms with Crippen LogP contribution >= 0.6 is 0 Å². The minimum atomic E-state index is 0.0153. The average molecular weight is 142 g/mol. The van der Waals surface area contributed by atoms with Crippen LogP contribution in [0.25, 0.3) is 0 Å². The Morgan fingerprint density at radius 1 is 1.90 bits per heavy atom. The second kappa shape index (κ2) is 3.06. The molecule has 0 aromatic carbocycles. The summed E-state index contributed by atoms with van der Waals surface area (Å²) in [7, 11) is 0. The Bertz CT molecular complexity index is 127. The van der Waals surface area contributed by atoms with Crippen molar-refractivity contribution in [3.05, 3.63) is 12.3 Å². The zero-order valence-electron chi connectivity index (χ0n) is 6.59. The molecule has 0 bridgehead atoms. The van der Waals surface area contributed by atoms with Gasteiger partial charge in [-0.05, 0) is 6.42 Å². The van der Waals surface area contributed by atoms with Crippen LogP contribution in [0.1, 0.15) is 20.3 Å². The number of allylic oxidation sites excluding steroid dienone is 1. The Morgan fingerprint density at radius 3 is 2.90 bits per heavy atom. The predicted octanol–water partition coefficient (Wildman–Crippen LogP) is 1.92. The highest BCUT2D eigenvalue weighted by atomic mass is 16.8. The standard InChI is InChI=1S/C8H14O2/c1-4-6(2)7(3)10-8-5-9-8/h6,8H,3-5H2,1-2H3. The molecule has 2 atom stereocenters. The van der Waals surface area contributed by atoms with E-state index in [1.165, 1.54) is 0 Å². The third-order valence-electron chi connectivity index (χ3n) is 1.75. The first-order valence-corrected chi connectivity index (χ1v) is 3.71. The van der Waals surface area contributed by atoms with E-state index in [1.807, 2.05) is 0 Å². The molecular formula is C8H14O2. The highest BCUT2D eigenvalue weighted by molar-refractivity contribution is 4.89. The largest absolute Gasteiger partial charge is 0.467 e. The molecule has 1 rings (SSSR count). The zero-order valence-corrected chi connectivity index (χ0v) is 6.59. The summed E-state index contributed by atoms with van der Waals surface area (Å²) >= 11 is 0. The molecular weight excluding hydrogens is 128 g/mol. The van der Waals surface area contributed by atoms with Gasteiger partial charge < -0.3 is 9.47 Å². The van der Waals surface area contributed by atoms with Crippen LogP contribution in [0.3, 0.4) is 0 Å². The van der Waals surface area contributed by atoms with Crippen molar-refractivity contribution in [1.29, 1.82) is 0 Å². The zero-order chi connectivity index (χ0) is 7.56. The van der Waals surface area contributed by atoms with Crippen molar-refractivity contribution in [3.8, 4) is 0 Å². The first-order chi connectivity index (χ1) is 4.74. The van der Waals surface area contributed by atoms with Crippen LogP contribution < -0.4 is 0 Å². The van der Waals surface area contributed by atoms with Crippen molar-refractivity contribution in [2.75, 3.05) is 6.61 Å². The lowest BCUT2D eigenvalue weighted by Crippen LogP contribution is -2.03. The lowest BCUT2D eigenvalue weighted by Gasteiger charge is -2.11. The van der Waals surface area contributed by atoms with E-state index in [-0.39, 0.29) is 6.29 Å². The van der Waals surface area contributed by atoms with Crippen LogP contribution in [0.5, 0.6) is 0 Å². The van der Waals surface area contributed by atoms with E-state index in [2.05, 4.69) is 20.4 Å². The normalized spacial score (nSPS) is 25.6. The fraction of sp³-hybridized carbons (Fsp3) is 0.750. The Kier molecular flexibility index (Phi) is 2.33. The van der Waals surface area contributed by atoms with E-state index in [9.17, 15) is 0 Å². The van der Waals surface area contributed by atoms with Crippen molar-refractivity contribution >= 4 is 0 Å². The van der Waals surface area contributed by atoms with Crippen LogP contribution in [0, 0.1) is 5.92 Å². The molecule has 1 saturated heterocycles. The van der Waals surface area contributed by atoms with Crippen molar-refractivity contribution in [2.45, 2.75) is 26.6 Å². The van der Waals surface area contributed by atoms with Gasteiger partial charge in [-0.15, -0.1) is 0 Å². The van der Waals surface area contributed by atoms with E-state index in [0.29, 0.717) is 5.92 Å². The third kappa shape index (κ3) is 2.03. The fourth-order valence-electron chi connectivity index (χ4n) is 0.620. The van der Waals surface area contributed by atoms with Gasteiger partial charge in [0.2, 0.25) is 6.29 Å². The number of rotatable bonds is 4. The van der Waals surface area contributed by atoms with Gasteiger partial charge in [0.1, 0.15) is 6.61 Å². The summed E-state index contributed by atoms with van der Waals surface area (Å²) in [6.07, 6.45) is 1.09. The number of hydrogen-bond donors (Lipinski definition) is 0. The maximum absolute atomic E-state index is 5.30. The van der Waals surface area contributed by atoms with Crippen LogP contribution in [0.2, 0.25) is 0 Å². The van der Waals surface area contributed by atoms with Crippen molar-refractivity contribution in [3.63, 3.8) is 0 Å². The second-order valence-corrected chi connectivity index (χ2v) is 2.66. The molecule has 0 aromatic rings. The minimum absolute atomic E-state index is 0.0153. The third-order valence-corrected chi connectivity index (χ3v) is 1.75. The van der Waals surface area contributed by atoms with Gasteiger partial charge in [0, 0.05) is 5.92 Å². The summed E-state index contributed by atoms with van der Waals surface area (Å²) in [4.78, 5) is 0. The summed E-state index contributed by atoms with van der Waals surface area (Å²) in [5, 5.41) is 0. The molecule has 0 aromatic heterocycles. The molecule has 0 N–H and O–H groups in total. The van der Waals surface area contributed by atoms with Crippen LogP contribution in [0.15, 0.2) is 12.3 Å². The molecule has 1 aliphatic rings. The van der Waals surface area contributed by atoms with Crippen LogP contribution in [0.4, 0.5) is 0 Å². The monoisotopic (exact) mass is 142 g/mol. The summed E-state index contributed by atoms with van der Waals surface area (Å²) in [5.74, 6) is 1.30. The fourth-order valence-corrected chi connectivity index (χ4v) is 0.620. The van der Waals surface area contributed by atoms with E-state index < -0.39 is 0 Å². The number of epoxide rings is 1. The molecule has 58 valence electrons. The van der Waals surface area contributed by atoms with Gasteiger partial charge in [-0.2, -0.15) is 0 Å². The van der Waals surface area contributed by atoms with E-state index in [1.54, 1.807) is 0 Å². The molecule has 0 spiro atoms. The topological polar surface area (TPSA) is 21.8 Å². The van der Waals surface area contributed by atoms with E-state index in [0.717, 1.165) is 18.8 Å². The van der Waals surface area contributed by atoms with Crippen molar-refractivity contribution in [1.82, 2.24) is 0 Å². The van der Waals surface area contributed by atoms with Crippen molar-refractivity contribution in [2.24, 2.45) is 5.92 Å². The van der Waals surface area contributed by atoms with Crippen molar-refractivity contribution < 1.29 is 9.47 Å². The second-order valence-electron chi connectivity index (χ2n) is 2.66. The van der Waals surface area contributed by atoms with Crippen LogP contribution in [-0.4, -0.2) is 12.9 Å². The molecule has 10 heavy (non-hydrogen) atoms. The summed E-state index contributed by atoms with van der Waals surface area (Å²) in [6.45, 7) is 8.75.